The van der Waals surface area contributed by atoms with Gasteiger partial charge in [-0.25, -0.2) is 4.98 Å². The molecule has 0 aliphatic carbocycles. The lowest BCUT2D eigenvalue weighted by Gasteiger charge is -2.12. The van der Waals surface area contributed by atoms with Crippen molar-refractivity contribution in [1.29, 1.82) is 0 Å². The van der Waals surface area contributed by atoms with Gasteiger partial charge < -0.3 is 4.57 Å². The number of hydrogen-bond donors (Lipinski definition) is 0. The van der Waals surface area contributed by atoms with Gasteiger partial charge in [0.05, 0.1) is 10.5 Å². The number of halogens is 3. The Balaban J connectivity index is 2.48. The zero-order valence-corrected chi connectivity index (χ0v) is 10.4. The molecule has 0 spiro atoms. The van der Waals surface area contributed by atoms with E-state index in [1.54, 1.807) is 29.1 Å². The largest absolute Gasteiger partial charge is 0.417 e. The topological polar surface area (TPSA) is 17.8 Å². The second-order valence-electron chi connectivity index (χ2n) is 3.57. The number of hydrogen-bond acceptors (Lipinski definition) is 2. The van der Waals surface area contributed by atoms with Crippen molar-refractivity contribution in [3.8, 4) is 5.82 Å². The molecule has 6 heteroatoms. The van der Waals surface area contributed by atoms with E-state index in [0.29, 0.717) is 16.5 Å². The van der Waals surface area contributed by atoms with Gasteiger partial charge in [-0.15, -0.1) is 11.8 Å². The second-order valence-corrected chi connectivity index (χ2v) is 4.87. The Bertz CT molecular complexity index is 521. The van der Waals surface area contributed by atoms with Crippen molar-refractivity contribution < 1.29 is 13.2 Å². The molecule has 0 saturated heterocycles. The molecule has 96 valence electrons. The van der Waals surface area contributed by atoms with Crippen molar-refractivity contribution >= 4 is 11.8 Å². The minimum Gasteiger partial charge on any atom is -0.308 e. The Labute approximate surface area is 107 Å². The lowest BCUT2D eigenvalue weighted by atomic mass is 10.3. The number of alkyl halides is 3. The van der Waals surface area contributed by atoms with Gasteiger partial charge in [0, 0.05) is 18.6 Å². The highest BCUT2D eigenvalue weighted by Crippen LogP contribution is 2.33. The number of nitrogens with zero attached hydrogens (tertiary/aromatic N) is 2. The van der Waals surface area contributed by atoms with Gasteiger partial charge in [-0.05, 0) is 24.0 Å². The highest BCUT2D eigenvalue weighted by atomic mass is 32.2. The van der Waals surface area contributed by atoms with Crippen LogP contribution in [0.1, 0.15) is 12.5 Å². The molecule has 0 atom stereocenters. The first-order chi connectivity index (χ1) is 8.52. The van der Waals surface area contributed by atoms with E-state index in [1.807, 2.05) is 6.92 Å². The number of aromatic nitrogens is 2. The highest BCUT2D eigenvalue weighted by Gasteiger charge is 2.31. The zero-order chi connectivity index (χ0) is 13.2. The van der Waals surface area contributed by atoms with Crippen molar-refractivity contribution in [1.82, 2.24) is 9.55 Å². The van der Waals surface area contributed by atoms with Crippen LogP contribution < -0.4 is 0 Å². The van der Waals surface area contributed by atoms with Gasteiger partial charge in [-0.2, -0.15) is 13.2 Å². The summed E-state index contributed by atoms with van der Waals surface area (Å²) in [5.74, 6) is 1.22. The fourth-order valence-corrected chi connectivity index (χ4v) is 2.33. The number of rotatable bonds is 3. The van der Waals surface area contributed by atoms with Gasteiger partial charge in [-0.3, -0.25) is 0 Å². The van der Waals surface area contributed by atoms with Crippen molar-refractivity contribution in [3.63, 3.8) is 0 Å². The third-order valence-electron chi connectivity index (χ3n) is 2.31. The molecule has 0 aliphatic heterocycles. The van der Waals surface area contributed by atoms with Crippen LogP contribution in [0.25, 0.3) is 5.82 Å². The van der Waals surface area contributed by atoms with Crippen LogP contribution in [-0.4, -0.2) is 15.3 Å². The van der Waals surface area contributed by atoms with E-state index in [9.17, 15) is 13.2 Å². The average molecular weight is 272 g/mol. The SMILES string of the molecule is CCSc1cc(C(F)(F)F)cnc1-n1cccc1. The van der Waals surface area contributed by atoms with E-state index in [2.05, 4.69) is 4.98 Å². The lowest BCUT2D eigenvalue weighted by Crippen LogP contribution is -2.08. The Kier molecular flexibility index (Phi) is 3.65. The van der Waals surface area contributed by atoms with E-state index >= 15 is 0 Å². The Morgan fingerprint density at radius 3 is 2.50 bits per heavy atom. The van der Waals surface area contributed by atoms with Crippen molar-refractivity contribution in [2.45, 2.75) is 18.0 Å². The Morgan fingerprint density at radius 2 is 1.94 bits per heavy atom. The third-order valence-corrected chi connectivity index (χ3v) is 3.21. The first-order valence-electron chi connectivity index (χ1n) is 5.35. The molecule has 0 N–H and O–H groups in total. The fourth-order valence-electron chi connectivity index (χ4n) is 1.52. The summed E-state index contributed by atoms with van der Waals surface area (Å²) in [5.41, 5.74) is -0.714. The van der Waals surface area contributed by atoms with E-state index < -0.39 is 11.7 Å². The first-order valence-corrected chi connectivity index (χ1v) is 6.34. The number of pyridine rings is 1. The summed E-state index contributed by atoms with van der Waals surface area (Å²) in [4.78, 5) is 4.46. The third kappa shape index (κ3) is 2.69. The molecule has 2 nitrogen and oxygen atoms in total. The molecule has 0 fully saturated rings. The van der Waals surface area contributed by atoms with Gasteiger partial charge in [0.15, 0.2) is 0 Å². The normalized spacial score (nSPS) is 11.8. The summed E-state index contributed by atoms with van der Waals surface area (Å²) in [7, 11) is 0. The molecule has 2 aromatic heterocycles. The van der Waals surface area contributed by atoms with E-state index in [1.165, 1.54) is 11.8 Å². The first kappa shape index (κ1) is 13.0. The van der Waals surface area contributed by atoms with E-state index in [0.717, 1.165) is 12.3 Å². The van der Waals surface area contributed by atoms with Crippen LogP contribution in [0.5, 0.6) is 0 Å². The van der Waals surface area contributed by atoms with Crippen molar-refractivity contribution in [2.75, 3.05) is 5.75 Å². The molecule has 0 bridgehead atoms. The van der Waals surface area contributed by atoms with Crippen LogP contribution in [0.4, 0.5) is 13.2 Å². The predicted octanol–water partition coefficient (Wildman–Crippen LogP) is 4.00. The second kappa shape index (κ2) is 5.06. The van der Waals surface area contributed by atoms with Crippen LogP contribution in [0.2, 0.25) is 0 Å². The zero-order valence-electron chi connectivity index (χ0n) is 9.61. The standard InChI is InChI=1S/C12H11F3N2S/c1-2-18-10-7-9(12(13,14)15)8-16-11(10)17-5-3-4-6-17/h3-8H,2H2,1H3. The molecule has 0 radical (unpaired) electrons. The van der Waals surface area contributed by atoms with E-state index in [-0.39, 0.29) is 0 Å². The van der Waals surface area contributed by atoms with Gasteiger partial charge in [-0.1, -0.05) is 6.92 Å². The Hall–Kier alpha value is -1.43. The fraction of sp³-hybridized carbons (Fsp3) is 0.250. The summed E-state index contributed by atoms with van der Waals surface area (Å²) in [5, 5.41) is 0. The van der Waals surface area contributed by atoms with Gasteiger partial charge in [0.2, 0.25) is 0 Å². The Morgan fingerprint density at radius 1 is 1.28 bits per heavy atom. The molecule has 18 heavy (non-hydrogen) atoms. The molecule has 2 aromatic rings. The maximum absolute atomic E-state index is 12.6. The summed E-state index contributed by atoms with van der Waals surface area (Å²) in [6.45, 7) is 1.89. The van der Waals surface area contributed by atoms with E-state index in [4.69, 9.17) is 0 Å². The molecule has 0 unspecified atom stereocenters. The minimum atomic E-state index is -4.36. The van der Waals surface area contributed by atoms with Crippen LogP contribution in [0.15, 0.2) is 41.7 Å². The molecule has 0 aromatic carbocycles. The smallest absolute Gasteiger partial charge is 0.308 e. The predicted molar refractivity (Wildman–Crippen MR) is 65.0 cm³/mol. The maximum atomic E-state index is 12.6. The van der Waals surface area contributed by atoms with Crippen LogP contribution >= 0.6 is 11.8 Å². The van der Waals surface area contributed by atoms with Crippen LogP contribution in [0.3, 0.4) is 0 Å². The molecule has 0 amide bonds. The quantitative estimate of drug-likeness (QED) is 0.786. The molecule has 0 saturated carbocycles. The van der Waals surface area contributed by atoms with Crippen LogP contribution in [-0.2, 0) is 6.18 Å². The summed E-state index contributed by atoms with van der Waals surface area (Å²) >= 11 is 1.35. The number of thioether (sulfide) groups is 1. The monoisotopic (exact) mass is 272 g/mol. The van der Waals surface area contributed by atoms with Gasteiger partial charge >= 0.3 is 6.18 Å². The summed E-state index contributed by atoms with van der Waals surface area (Å²) in [6, 6.07) is 4.76. The van der Waals surface area contributed by atoms with Crippen molar-refractivity contribution in [3.05, 3.63) is 42.4 Å². The van der Waals surface area contributed by atoms with Crippen molar-refractivity contribution in [2.24, 2.45) is 0 Å². The molecule has 0 aliphatic rings. The molecular weight excluding hydrogens is 261 g/mol. The summed E-state index contributed by atoms with van der Waals surface area (Å²) in [6.07, 6.45) is 0.0327. The molecular formula is C12H11F3N2S. The van der Waals surface area contributed by atoms with Gasteiger partial charge in [0.25, 0.3) is 0 Å². The highest BCUT2D eigenvalue weighted by molar-refractivity contribution is 7.99. The lowest BCUT2D eigenvalue weighted by molar-refractivity contribution is -0.138. The average Bonchev–Trinajstić information content (AvgIpc) is 2.81. The maximum Gasteiger partial charge on any atom is 0.417 e. The summed E-state index contributed by atoms with van der Waals surface area (Å²) < 4.78 is 39.6. The molecule has 2 heterocycles. The van der Waals surface area contributed by atoms with Crippen LogP contribution in [0, 0.1) is 0 Å². The van der Waals surface area contributed by atoms with Gasteiger partial charge in [0.1, 0.15) is 5.82 Å². The molecule has 2 rings (SSSR count). The minimum absolute atomic E-state index is 0.528.